The number of nitrogens with zero attached hydrogens (tertiary/aromatic N) is 2. The van der Waals surface area contributed by atoms with E-state index in [0.29, 0.717) is 12.0 Å². The van der Waals surface area contributed by atoms with Crippen LogP contribution in [-0.2, 0) is 0 Å². The van der Waals surface area contributed by atoms with Gasteiger partial charge in [0.1, 0.15) is 0 Å². The lowest BCUT2D eigenvalue weighted by atomic mass is 9.92. The largest absolute Gasteiger partial charge is 0.314 e. The molecule has 0 aliphatic heterocycles. The quantitative estimate of drug-likeness (QED) is 0.891. The summed E-state index contributed by atoms with van der Waals surface area (Å²) in [5, 5.41) is 9.01. The third-order valence-electron chi connectivity index (χ3n) is 4.53. The molecule has 3 nitrogen and oxygen atoms in total. The van der Waals surface area contributed by atoms with E-state index in [1.54, 1.807) is 0 Å². The summed E-state index contributed by atoms with van der Waals surface area (Å²) in [6.45, 7) is 5.51. The van der Waals surface area contributed by atoms with Gasteiger partial charge >= 0.3 is 0 Å². The van der Waals surface area contributed by atoms with Crippen LogP contribution >= 0.6 is 11.6 Å². The van der Waals surface area contributed by atoms with Gasteiger partial charge in [0.05, 0.1) is 16.9 Å². The Balaban J connectivity index is 1.77. The van der Waals surface area contributed by atoms with Gasteiger partial charge in [-0.2, -0.15) is 5.10 Å². The van der Waals surface area contributed by atoms with E-state index in [1.807, 2.05) is 6.20 Å². The highest BCUT2D eigenvalue weighted by Gasteiger charge is 2.34. The lowest BCUT2D eigenvalue weighted by Crippen LogP contribution is -2.27. The van der Waals surface area contributed by atoms with Gasteiger partial charge in [-0.05, 0) is 52.0 Å². The minimum atomic E-state index is 0.389. The Morgan fingerprint density at radius 2 is 2.16 bits per heavy atom. The molecule has 2 saturated carbocycles. The van der Waals surface area contributed by atoms with Gasteiger partial charge in [-0.25, -0.2) is 0 Å². The molecule has 2 fully saturated rings. The molecule has 0 amide bonds. The second-order valence-corrected chi connectivity index (χ2v) is 6.80. The summed E-state index contributed by atoms with van der Waals surface area (Å²) in [7, 11) is 0. The van der Waals surface area contributed by atoms with Gasteiger partial charge in [0.2, 0.25) is 0 Å². The number of hydrogen-bond acceptors (Lipinski definition) is 2. The number of hydrogen-bond donors (Lipinski definition) is 1. The van der Waals surface area contributed by atoms with E-state index in [1.165, 1.54) is 37.8 Å². The maximum atomic E-state index is 6.41. The Hall–Kier alpha value is -0.540. The highest BCUT2D eigenvalue weighted by atomic mass is 35.5. The Kier molecular flexibility index (Phi) is 3.86. The van der Waals surface area contributed by atoms with Gasteiger partial charge in [0, 0.05) is 18.0 Å². The van der Waals surface area contributed by atoms with Gasteiger partial charge in [-0.1, -0.05) is 18.0 Å². The van der Waals surface area contributed by atoms with E-state index in [2.05, 4.69) is 28.9 Å². The van der Waals surface area contributed by atoms with E-state index in [9.17, 15) is 0 Å². The van der Waals surface area contributed by atoms with Crippen molar-refractivity contribution in [1.29, 1.82) is 0 Å². The van der Waals surface area contributed by atoms with Crippen molar-refractivity contribution < 1.29 is 0 Å². The standard InChI is InChI=1S/C15H24ClN3/c1-10(2)19-15(14(16)9-18-19)13-5-3-4-11(13)8-17-12-6-7-12/h9-13,17H,3-8H2,1-2H3. The van der Waals surface area contributed by atoms with Crippen LogP contribution < -0.4 is 5.32 Å². The highest BCUT2D eigenvalue weighted by Crippen LogP contribution is 2.42. The second-order valence-electron chi connectivity index (χ2n) is 6.40. The fraction of sp³-hybridized carbons (Fsp3) is 0.800. The number of halogens is 1. The zero-order valence-corrected chi connectivity index (χ0v) is 12.7. The minimum Gasteiger partial charge on any atom is -0.314 e. The zero-order valence-electron chi connectivity index (χ0n) is 11.9. The van der Waals surface area contributed by atoms with Gasteiger partial charge in [0.25, 0.3) is 0 Å². The Labute approximate surface area is 120 Å². The average Bonchev–Trinajstić information content (AvgIpc) is 2.95. The summed E-state index contributed by atoms with van der Waals surface area (Å²) in [6, 6.07) is 1.19. The fourth-order valence-electron chi connectivity index (χ4n) is 3.36. The van der Waals surface area contributed by atoms with E-state index < -0.39 is 0 Å². The van der Waals surface area contributed by atoms with Crippen LogP contribution in [0.25, 0.3) is 0 Å². The first kappa shape index (κ1) is 13.4. The molecule has 2 aliphatic rings. The summed E-state index contributed by atoms with van der Waals surface area (Å²) >= 11 is 6.41. The summed E-state index contributed by atoms with van der Waals surface area (Å²) < 4.78 is 2.13. The molecule has 0 radical (unpaired) electrons. The molecule has 106 valence electrons. The van der Waals surface area contributed by atoms with Gasteiger partial charge in [0.15, 0.2) is 0 Å². The summed E-state index contributed by atoms with van der Waals surface area (Å²) in [5.74, 6) is 1.32. The van der Waals surface area contributed by atoms with Gasteiger partial charge < -0.3 is 5.32 Å². The molecule has 0 aromatic carbocycles. The predicted octanol–water partition coefficient (Wildman–Crippen LogP) is 3.75. The predicted molar refractivity (Wildman–Crippen MR) is 78.7 cm³/mol. The van der Waals surface area contributed by atoms with Crippen LogP contribution in [0, 0.1) is 5.92 Å². The van der Waals surface area contributed by atoms with Crippen LogP contribution in [0.3, 0.4) is 0 Å². The lowest BCUT2D eigenvalue weighted by Gasteiger charge is -2.23. The van der Waals surface area contributed by atoms with Gasteiger partial charge in [-0.15, -0.1) is 0 Å². The molecule has 4 heteroatoms. The summed E-state index contributed by atoms with van der Waals surface area (Å²) in [5.41, 5.74) is 1.27. The lowest BCUT2D eigenvalue weighted by molar-refractivity contribution is 0.405. The Morgan fingerprint density at radius 1 is 1.37 bits per heavy atom. The van der Waals surface area contributed by atoms with Crippen molar-refractivity contribution in [2.75, 3.05) is 6.54 Å². The van der Waals surface area contributed by atoms with Crippen molar-refractivity contribution >= 4 is 11.6 Å². The molecular weight excluding hydrogens is 258 g/mol. The normalized spacial score (nSPS) is 27.4. The molecular formula is C15H24ClN3. The van der Waals surface area contributed by atoms with Crippen molar-refractivity contribution in [2.45, 2.75) is 64.0 Å². The van der Waals surface area contributed by atoms with Crippen LogP contribution in [0.4, 0.5) is 0 Å². The van der Waals surface area contributed by atoms with Crippen LogP contribution in [-0.4, -0.2) is 22.4 Å². The van der Waals surface area contributed by atoms with Gasteiger partial charge in [-0.3, -0.25) is 4.68 Å². The number of rotatable bonds is 5. The molecule has 0 spiro atoms. The number of aromatic nitrogens is 2. The third-order valence-corrected chi connectivity index (χ3v) is 4.82. The van der Waals surface area contributed by atoms with Crippen molar-refractivity contribution in [2.24, 2.45) is 5.92 Å². The van der Waals surface area contributed by atoms with E-state index in [4.69, 9.17) is 11.6 Å². The van der Waals surface area contributed by atoms with Crippen LogP contribution in [0.5, 0.6) is 0 Å². The topological polar surface area (TPSA) is 29.9 Å². The fourth-order valence-corrected chi connectivity index (χ4v) is 3.63. The SMILES string of the molecule is CC(C)n1ncc(Cl)c1C1CCCC1CNC1CC1. The number of nitrogens with one attached hydrogen (secondary N) is 1. The smallest absolute Gasteiger partial charge is 0.0820 e. The van der Waals surface area contributed by atoms with E-state index >= 15 is 0 Å². The molecule has 1 aromatic heterocycles. The summed E-state index contributed by atoms with van der Waals surface area (Å²) in [6.07, 6.45) is 8.45. The molecule has 0 saturated heterocycles. The minimum absolute atomic E-state index is 0.389. The van der Waals surface area contributed by atoms with Crippen LogP contribution in [0.15, 0.2) is 6.20 Å². The molecule has 1 N–H and O–H groups in total. The monoisotopic (exact) mass is 281 g/mol. The maximum absolute atomic E-state index is 6.41. The van der Waals surface area contributed by atoms with Crippen molar-refractivity contribution in [1.82, 2.24) is 15.1 Å². The van der Waals surface area contributed by atoms with Crippen molar-refractivity contribution in [3.63, 3.8) is 0 Å². The maximum Gasteiger partial charge on any atom is 0.0820 e. The molecule has 0 bridgehead atoms. The average molecular weight is 282 g/mol. The van der Waals surface area contributed by atoms with Crippen molar-refractivity contribution in [3.05, 3.63) is 16.9 Å². The van der Waals surface area contributed by atoms with Crippen LogP contribution in [0.1, 0.15) is 63.6 Å². The first-order valence-electron chi connectivity index (χ1n) is 7.63. The van der Waals surface area contributed by atoms with Crippen molar-refractivity contribution in [3.8, 4) is 0 Å². The second kappa shape index (κ2) is 5.45. The Bertz CT molecular complexity index is 437. The van der Waals surface area contributed by atoms with Crippen LogP contribution in [0.2, 0.25) is 5.02 Å². The molecule has 1 heterocycles. The van der Waals surface area contributed by atoms with E-state index in [0.717, 1.165) is 23.5 Å². The zero-order chi connectivity index (χ0) is 13.4. The molecule has 1 aromatic rings. The first-order valence-corrected chi connectivity index (χ1v) is 8.01. The first-order chi connectivity index (χ1) is 9.16. The highest BCUT2D eigenvalue weighted by molar-refractivity contribution is 6.31. The van der Waals surface area contributed by atoms with E-state index in [-0.39, 0.29) is 0 Å². The third kappa shape index (κ3) is 2.82. The summed E-state index contributed by atoms with van der Waals surface area (Å²) in [4.78, 5) is 0. The molecule has 2 unspecified atom stereocenters. The molecule has 19 heavy (non-hydrogen) atoms. The molecule has 2 aliphatic carbocycles. The molecule has 2 atom stereocenters. The Morgan fingerprint density at radius 3 is 2.84 bits per heavy atom. The molecule has 3 rings (SSSR count).